The number of phosphoric acid groups is 1. The zero-order chi connectivity index (χ0) is 23.1. The molecule has 0 spiro atoms. The standard InChI is InChI=1S/C22H22F3N.H3O4P/c1-16(20-13-5-10-18-9-2-3-12-21(18)20)26-14-6-8-17-7-4-11-19(15-17)22(23,24)25;1-5(2,3)4/h2-5,7,9-13,15-16,26H,6,8,14H2,1H3;(H3,1,2,3,4)/t16-;/m1./s1. The van der Waals surface area contributed by atoms with E-state index in [1.807, 2.05) is 12.1 Å². The summed E-state index contributed by atoms with van der Waals surface area (Å²) in [6.45, 7) is 2.87. The molecule has 168 valence electrons. The topological polar surface area (TPSA) is 89.8 Å². The van der Waals surface area contributed by atoms with Gasteiger partial charge in [-0.3, -0.25) is 0 Å². The van der Waals surface area contributed by atoms with Crippen molar-refractivity contribution < 1.29 is 32.4 Å². The van der Waals surface area contributed by atoms with Crippen LogP contribution in [0.2, 0.25) is 0 Å². The molecule has 3 aromatic carbocycles. The first kappa shape index (κ1) is 25.0. The summed E-state index contributed by atoms with van der Waals surface area (Å²) < 4.78 is 47.2. The minimum absolute atomic E-state index is 0.183. The summed E-state index contributed by atoms with van der Waals surface area (Å²) in [4.78, 5) is 21.6. The molecule has 0 saturated carbocycles. The molecule has 9 heteroatoms. The Bertz CT molecular complexity index is 1020. The van der Waals surface area contributed by atoms with Gasteiger partial charge in [0.05, 0.1) is 5.56 Å². The SMILES string of the molecule is C[C@@H](NCCCc1cccc(C(F)(F)F)c1)c1cccc2ccccc12.O=P(O)(O)O. The third kappa shape index (κ3) is 8.81. The number of aryl methyl sites for hydroxylation is 1. The minimum Gasteiger partial charge on any atom is -0.310 e. The van der Waals surface area contributed by atoms with Crippen LogP contribution in [0.5, 0.6) is 0 Å². The summed E-state index contributed by atoms with van der Waals surface area (Å²) in [6, 6.07) is 20.3. The number of hydrogen-bond donors (Lipinski definition) is 4. The Labute approximate surface area is 178 Å². The first-order valence-corrected chi connectivity index (χ1v) is 11.2. The molecule has 0 fully saturated rings. The van der Waals surface area contributed by atoms with Crippen LogP contribution in [0.1, 0.15) is 36.1 Å². The fourth-order valence-electron chi connectivity index (χ4n) is 3.25. The van der Waals surface area contributed by atoms with Gasteiger partial charge in [-0.05, 0) is 54.3 Å². The quantitative estimate of drug-likeness (QED) is 0.303. The van der Waals surface area contributed by atoms with Crippen LogP contribution in [-0.4, -0.2) is 21.2 Å². The van der Waals surface area contributed by atoms with Crippen molar-refractivity contribution in [1.82, 2.24) is 5.32 Å². The van der Waals surface area contributed by atoms with Gasteiger partial charge in [-0.15, -0.1) is 0 Å². The van der Waals surface area contributed by atoms with E-state index in [4.69, 9.17) is 19.2 Å². The number of nitrogens with one attached hydrogen (secondary N) is 1. The van der Waals surface area contributed by atoms with Gasteiger partial charge in [-0.2, -0.15) is 13.2 Å². The van der Waals surface area contributed by atoms with E-state index in [-0.39, 0.29) is 6.04 Å². The molecular formula is C22H25F3NO4P. The van der Waals surface area contributed by atoms with Gasteiger partial charge in [0.2, 0.25) is 0 Å². The van der Waals surface area contributed by atoms with Gasteiger partial charge in [0.15, 0.2) is 0 Å². The Morgan fingerprint density at radius 3 is 2.26 bits per heavy atom. The van der Waals surface area contributed by atoms with Crippen LogP contribution in [0.25, 0.3) is 10.8 Å². The molecule has 0 aliphatic rings. The lowest BCUT2D eigenvalue weighted by atomic mass is 9.99. The monoisotopic (exact) mass is 455 g/mol. The molecule has 0 heterocycles. The predicted molar refractivity (Wildman–Crippen MR) is 114 cm³/mol. The van der Waals surface area contributed by atoms with Gasteiger partial charge >= 0.3 is 14.0 Å². The zero-order valence-electron chi connectivity index (χ0n) is 16.9. The van der Waals surface area contributed by atoms with Crippen LogP contribution in [0.3, 0.4) is 0 Å². The number of hydrogen-bond acceptors (Lipinski definition) is 2. The van der Waals surface area contributed by atoms with Crippen LogP contribution in [-0.2, 0) is 17.2 Å². The van der Waals surface area contributed by atoms with Crippen LogP contribution in [0, 0.1) is 0 Å². The summed E-state index contributed by atoms with van der Waals surface area (Å²) in [7, 11) is -4.64. The molecular weight excluding hydrogens is 430 g/mol. The molecule has 0 saturated heterocycles. The molecule has 3 rings (SSSR count). The lowest BCUT2D eigenvalue weighted by Crippen LogP contribution is -2.20. The highest BCUT2D eigenvalue weighted by atomic mass is 31.2. The highest BCUT2D eigenvalue weighted by molar-refractivity contribution is 7.45. The van der Waals surface area contributed by atoms with E-state index in [9.17, 15) is 13.2 Å². The third-order valence-corrected chi connectivity index (χ3v) is 4.64. The van der Waals surface area contributed by atoms with E-state index < -0.39 is 19.6 Å². The van der Waals surface area contributed by atoms with Crippen molar-refractivity contribution in [3.05, 3.63) is 83.4 Å². The summed E-state index contributed by atoms with van der Waals surface area (Å²) in [5.74, 6) is 0. The molecule has 0 unspecified atom stereocenters. The van der Waals surface area contributed by atoms with Crippen molar-refractivity contribution in [3.8, 4) is 0 Å². The number of rotatable bonds is 6. The van der Waals surface area contributed by atoms with Crippen molar-refractivity contribution in [2.24, 2.45) is 0 Å². The van der Waals surface area contributed by atoms with Gasteiger partial charge in [-0.25, -0.2) is 4.57 Å². The van der Waals surface area contributed by atoms with E-state index >= 15 is 0 Å². The molecule has 5 nitrogen and oxygen atoms in total. The van der Waals surface area contributed by atoms with E-state index in [0.29, 0.717) is 6.42 Å². The maximum atomic E-state index is 12.8. The van der Waals surface area contributed by atoms with E-state index in [0.717, 1.165) is 24.6 Å². The van der Waals surface area contributed by atoms with Gasteiger partial charge in [0.1, 0.15) is 0 Å². The van der Waals surface area contributed by atoms with E-state index in [2.05, 4.69) is 42.6 Å². The van der Waals surface area contributed by atoms with E-state index in [1.165, 1.54) is 28.5 Å². The summed E-state index contributed by atoms with van der Waals surface area (Å²) in [5.41, 5.74) is 1.38. The number of alkyl halides is 3. The van der Waals surface area contributed by atoms with Crippen LogP contribution >= 0.6 is 7.82 Å². The smallest absolute Gasteiger partial charge is 0.310 e. The van der Waals surface area contributed by atoms with Crippen molar-refractivity contribution in [1.29, 1.82) is 0 Å². The molecule has 1 atom stereocenters. The zero-order valence-corrected chi connectivity index (χ0v) is 17.8. The first-order chi connectivity index (χ1) is 14.4. The lowest BCUT2D eigenvalue weighted by Gasteiger charge is -2.17. The van der Waals surface area contributed by atoms with Gasteiger partial charge < -0.3 is 20.0 Å². The number of benzene rings is 3. The second kappa shape index (κ2) is 10.9. The van der Waals surface area contributed by atoms with Crippen LogP contribution < -0.4 is 5.32 Å². The molecule has 0 aliphatic carbocycles. The molecule has 31 heavy (non-hydrogen) atoms. The highest BCUT2D eigenvalue weighted by Crippen LogP contribution is 2.30. The van der Waals surface area contributed by atoms with Crippen molar-refractivity contribution >= 4 is 18.6 Å². The average Bonchev–Trinajstić information content (AvgIpc) is 2.69. The van der Waals surface area contributed by atoms with Crippen molar-refractivity contribution in [2.45, 2.75) is 32.0 Å². The maximum absolute atomic E-state index is 12.8. The average molecular weight is 455 g/mol. The second-order valence-electron chi connectivity index (χ2n) is 7.06. The van der Waals surface area contributed by atoms with Crippen molar-refractivity contribution in [3.63, 3.8) is 0 Å². The Morgan fingerprint density at radius 2 is 1.58 bits per heavy atom. The Hall–Kier alpha value is -2.22. The van der Waals surface area contributed by atoms with Gasteiger partial charge in [0, 0.05) is 6.04 Å². The van der Waals surface area contributed by atoms with Gasteiger partial charge in [0.25, 0.3) is 0 Å². The number of halogens is 3. The van der Waals surface area contributed by atoms with Crippen molar-refractivity contribution in [2.75, 3.05) is 6.54 Å². The second-order valence-corrected chi connectivity index (χ2v) is 8.09. The first-order valence-electron chi connectivity index (χ1n) is 9.60. The van der Waals surface area contributed by atoms with Crippen LogP contribution in [0.15, 0.2) is 66.7 Å². The van der Waals surface area contributed by atoms with Gasteiger partial charge in [-0.1, -0.05) is 60.7 Å². The summed E-state index contributed by atoms with van der Waals surface area (Å²) in [6.07, 6.45) is -2.87. The Morgan fingerprint density at radius 1 is 0.968 bits per heavy atom. The molecule has 4 N–H and O–H groups in total. The summed E-state index contributed by atoms with van der Waals surface area (Å²) >= 11 is 0. The summed E-state index contributed by atoms with van der Waals surface area (Å²) in [5, 5.41) is 5.92. The van der Waals surface area contributed by atoms with Crippen LogP contribution in [0.4, 0.5) is 13.2 Å². The largest absolute Gasteiger partial charge is 0.466 e. The fraction of sp³-hybridized carbons (Fsp3) is 0.273. The Kier molecular flexibility index (Phi) is 8.79. The lowest BCUT2D eigenvalue weighted by molar-refractivity contribution is -0.137. The third-order valence-electron chi connectivity index (χ3n) is 4.64. The fourth-order valence-corrected chi connectivity index (χ4v) is 3.25. The number of fused-ring (bicyclic) bond motifs is 1. The minimum atomic E-state index is -4.64. The highest BCUT2D eigenvalue weighted by Gasteiger charge is 2.30. The molecule has 0 bridgehead atoms. The predicted octanol–water partition coefficient (Wildman–Crippen LogP) is 5.21. The molecule has 0 amide bonds. The van der Waals surface area contributed by atoms with E-state index in [1.54, 1.807) is 6.07 Å². The molecule has 3 aromatic rings. The molecule has 0 radical (unpaired) electrons. The normalized spacial score (nSPS) is 12.9. The maximum Gasteiger partial charge on any atom is 0.466 e. The Balaban J connectivity index is 0.000000614. The molecule has 0 aromatic heterocycles. The molecule has 0 aliphatic heterocycles.